The van der Waals surface area contributed by atoms with Gasteiger partial charge in [-0.05, 0) is 38.3 Å². The van der Waals surface area contributed by atoms with Gasteiger partial charge in [-0.3, -0.25) is 4.72 Å². The highest BCUT2D eigenvalue weighted by Gasteiger charge is 2.27. The lowest BCUT2D eigenvalue weighted by Gasteiger charge is -2.09. The van der Waals surface area contributed by atoms with Crippen molar-refractivity contribution in [1.82, 2.24) is 9.97 Å². The summed E-state index contributed by atoms with van der Waals surface area (Å²) in [6, 6.07) is 0. The fourth-order valence-electron chi connectivity index (χ4n) is 1.08. The summed E-state index contributed by atoms with van der Waals surface area (Å²) >= 11 is 6.02. The van der Waals surface area contributed by atoms with Crippen LogP contribution in [-0.4, -0.2) is 30.3 Å². The molecule has 5 nitrogen and oxygen atoms in total. The minimum atomic E-state index is -4.37. The monoisotopic (exact) mass is 425 g/mol. The average Bonchev–Trinajstić information content (AvgIpc) is 2.20. The van der Waals surface area contributed by atoms with Gasteiger partial charge in [-0.25, -0.2) is 18.4 Å². The fraction of sp³-hybridized carbons (Fsp3) is 0.500. The molecule has 0 saturated heterocycles. The van der Waals surface area contributed by atoms with E-state index >= 15 is 0 Å². The van der Waals surface area contributed by atoms with Gasteiger partial charge < -0.3 is 0 Å². The Morgan fingerprint density at radius 3 is 2.47 bits per heavy atom. The first-order valence-electron chi connectivity index (χ1n) is 4.84. The molecule has 108 valence electrons. The Kier molecular flexibility index (Phi) is 5.56. The molecular weight excluding hydrogens is 419 g/mol. The maximum Gasteiger partial charge on any atom is 0.389 e. The first-order valence-corrected chi connectivity index (χ1v) is 8.08. The van der Waals surface area contributed by atoms with Crippen LogP contribution in [0.25, 0.3) is 0 Å². The highest BCUT2D eigenvalue weighted by atomic mass is 79.9. The minimum absolute atomic E-state index is 0.0739. The number of anilines is 1. The highest BCUT2D eigenvalue weighted by molar-refractivity contribution is 9.11. The van der Waals surface area contributed by atoms with Crippen LogP contribution in [-0.2, 0) is 10.0 Å². The van der Waals surface area contributed by atoms with Gasteiger partial charge in [-0.15, -0.1) is 0 Å². The number of nitrogens with one attached hydrogen (secondary N) is 1. The Morgan fingerprint density at radius 1 is 1.32 bits per heavy atom. The molecule has 1 N–H and O–H groups in total. The van der Waals surface area contributed by atoms with Crippen molar-refractivity contribution in [1.29, 1.82) is 0 Å². The largest absolute Gasteiger partial charge is 0.389 e. The summed E-state index contributed by atoms with van der Waals surface area (Å²) in [4.78, 5) is 7.59. The van der Waals surface area contributed by atoms with Crippen molar-refractivity contribution in [3.8, 4) is 0 Å². The predicted octanol–water partition coefficient (Wildman–Crippen LogP) is 3.09. The normalized spacial score (nSPS) is 12.5. The second-order valence-electron chi connectivity index (χ2n) is 3.47. The first kappa shape index (κ1) is 16.6. The van der Waals surface area contributed by atoms with Crippen molar-refractivity contribution in [3.63, 3.8) is 0 Å². The van der Waals surface area contributed by atoms with E-state index in [0.717, 1.165) is 0 Å². The predicted molar refractivity (Wildman–Crippen MR) is 70.1 cm³/mol. The van der Waals surface area contributed by atoms with E-state index in [1.807, 2.05) is 0 Å². The summed E-state index contributed by atoms with van der Waals surface area (Å²) in [6.07, 6.45) is -4.77. The molecule has 0 atom stereocenters. The number of nitrogens with zero attached hydrogens (tertiary/aromatic N) is 2. The first-order chi connectivity index (χ1) is 8.59. The summed E-state index contributed by atoms with van der Waals surface area (Å²) in [6.45, 7) is 0. The van der Waals surface area contributed by atoms with Crippen LogP contribution < -0.4 is 4.72 Å². The minimum Gasteiger partial charge on any atom is -0.265 e. The van der Waals surface area contributed by atoms with Crippen LogP contribution in [0.15, 0.2) is 15.4 Å². The molecule has 0 fully saturated rings. The van der Waals surface area contributed by atoms with Crippen molar-refractivity contribution in [2.75, 3.05) is 10.5 Å². The summed E-state index contributed by atoms with van der Waals surface area (Å²) in [5, 5.41) is 0. The summed E-state index contributed by atoms with van der Waals surface area (Å²) in [7, 11) is -3.89. The van der Waals surface area contributed by atoms with Crippen LogP contribution in [0, 0.1) is 0 Å². The molecule has 0 aliphatic heterocycles. The maximum absolute atomic E-state index is 11.9. The molecule has 0 amide bonds. The van der Waals surface area contributed by atoms with E-state index < -0.39 is 34.8 Å². The quantitative estimate of drug-likeness (QED) is 0.785. The Labute approximate surface area is 124 Å². The van der Waals surface area contributed by atoms with Gasteiger partial charge in [0.15, 0.2) is 10.4 Å². The number of hydrogen-bond acceptors (Lipinski definition) is 4. The molecule has 1 heterocycles. The van der Waals surface area contributed by atoms with Crippen LogP contribution in [0.4, 0.5) is 19.0 Å². The molecule has 0 aliphatic rings. The fourth-order valence-corrected chi connectivity index (χ4v) is 3.19. The number of sulfonamides is 1. The van der Waals surface area contributed by atoms with Crippen LogP contribution >= 0.6 is 31.9 Å². The van der Waals surface area contributed by atoms with Crippen LogP contribution in [0.1, 0.15) is 12.8 Å². The van der Waals surface area contributed by atoms with E-state index in [2.05, 4.69) is 46.5 Å². The smallest absolute Gasteiger partial charge is 0.265 e. The topological polar surface area (TPSA) is 72.0 Å². The van der Waals surface area contributed by atoms with Crippen LogP contribution in [0.2, 0.25) is 0 Å². The van der Waals surface area contributed by atoms with E-state index in [0.29, 0.717) is 4.60 Å². The second kappa shape index (κ2) is 6.35. The molecule has 0 bridgehead atoms. The lowest BCUT2D eigenvalue weighted by atomic mass is 10.3. The number of rotatable bonds is 5. The van der Waals surface area contributed by atoms with Crippen molar-refractivity contribution in [2.24, 2.45) is 0 Å². The van der Waals surface area contributed by atoms with Gasteiger partial charge in [0.05, 0.1) is 11.9 Å². The standard InChI is InChI=1S/C8H8Br2F3N3O2S/c9-5-4-14-7(6(10)15-5)16-19(17,18)3-1-2-8(11,12)13/h4H,1-3H2,(H,14,16). The summed E-state index contributed by atoms with van der Waals surface area (Å²) in [5.41, 5.74) is 0. The SMILES string of the molecule is O=S(=O)(CCCC(F)(F)F)Nc1ncc(Br)nc1Br. The van der Waals surface area contributed by atoms with Crippen molar-refractivity contribution in [3.05, 3.63) is 15.4 Å². The van der Waals surface area contributed by atoms with E-state index in [9.17, 15) is 21.6 Å². The van der Waals surface area contributed by atoms with E-state index in [1.54, 1.807) is 0 Å². The lowest BCUT2D eigenvalue weighted by Crippen LogP contribution is -2.20. The number of halogens is 5. The van der Waals surface area contributed by atoms with E-state index in [4.69, 9.17) is 0 Å². The van der Waals surface area contributed by atoms with Gasteiger partial charge in [0.1, 0.15) is 4.60 Å². The molecule has 1 aromatic heterocycles. The molecule has 0 aromatic carbocycles. The molecule has 1 aromatic rings. The molecular formula is C8H8Br2F3N3O2S. The van der Waals surface area contributed by atoms with Crippen molar-refractivity contribution >= 4 is 47.7 Å². The zero-order valence-electron chi connectivity index (χ0n) is 9.21. The van der Waals surface area contributed by atoms with E-state index in [1.165, 1.54) is 6.20 Å². The summed E-state index contributed by atoms with van der Waals surface area (Å²) < 4.78 is 61.4. The Balaban J connectivity index is 2.64. The molecule has 19 heavy (non-hydrogen) atoms. The lowest BCUT2D eigenvalue weighted by molar-refractivity contribution is -0.134. The van der Waals surface area contributed by atoms with Crippen molar-refractivity contribution < 1.29 is 21.6 Å². The van der Waals surface area contributed by atoms with Crippen LogP contribution in [0.5, 0.6) is 0 Å². The molecule has 1 rings (SSSR count). The second-order valence-corrected chi connectivity index (χ2v) is 6.88. The number of aromatic nitrogens is 2. The summed E-state index contributed by atoms with van der Waals surface area (Å²) in [5.74, 6) is -0.716. The Morgan fingerprint density at radius 2 is 1.95 bits per heavy atom. The van der Waals surface area contributed by atoms with E-state index in [-0.39, 0.29) is 10.4 Å². The molecule has 0 spiro atoms. The molecule has 0 radical (unpaired) electrons. The van der Waals surface area contributed by atoms with Gasteiger partial charge in [0.25, 0.3) is 0 Å². The molecule has 0 saturated carbocycles. The van der Waals surface area contributed by atoms with Gasteiger partial charge in [-0.2, -0.15) is 13.2 Å². The van der Waals surface area contributed by atoms with Crippen LogP contribution in [0.3, 0.4) is 0 Å². The van der Waals surface area contributed by atoms with Gasteiger partial charge >= 0.3 is 6.18 Å². The Hall–Kier alpha value is -0.420. The zero-order valence-corrected chi connectivity index (χ0v) is 13.2. The zero-order chi connectivity index (χ0) is 14.7. The third-order valence-electron chi connectivity index (χ3n) is 1.83. The van der Waals surface area contributed by atoms with Gasteiger partial charge in [-0.1, -0.05) is 0 Å². The Bertz CT molecular complexity index is 551. The third kappa shape index (κ3) is 6.52. The maximum atomic E-state index is 11.9. The van der Waals surface area contributed by atoms with Gasteiger partial charge in [0, 0.05) is 6.42 Å². The molecule has 0 aliphatic carbocycles. The molecule has 0 unspecified atom stereocenters. The average molecular weight is 427 g/mol. The number of alkyl halides is 3. The number of hydrogen-bond donors (Lipinski definition) is 1. The van der Waals surface area contributed by atoms with Crippen molar-refractivity contribution in [2.45, 2.75) is 19.0 Å². The molecule has 11 heteroatoms. The highest BCUT2D eigenvalue weighted by Crippen LogP contribution is 2.23. The third-order valence-corrected chi connectivity index (χ3v) is 4.09. The van der Waals surface area contributed by atoms with Gasteiger partial charge in [0.2, 0.25) is 10.0 Å².